The quantitative estimate of drug-likeness (QED) is 0.834. The number of benzene rings is 1. The summed E-state index contributed by atoms with van der Waals surface area (Å²) < 4.78 is 1.09. The smallest absolute Gasteiger partial charge is 0.222 e. The molecule has 2 N–H and O–H groups in total. The molecule has 5 heteroatoms. The molecule has 0 unspecified atom stereocenters. The van der Waals surface area contributed by atoms with Crippen LogP contribution in [0.4, 0.5) is 5.69 Å². The number of halogens is 1. The maximum atomic E-state index is 12.1. The van der Waals surface area contributed by atoms with Gasteiger partial charge >= 0.3 is 0 Å². The molecule has 0 radical (unpaired) electrons. The van der Waals surface area contributed by atoms with Gasteiger partial charge in [0, 0.05) is 25.7 Å². The Morgan fingerprint density at radius 2 is 2.15 bits per heavy atom. The van der Waals surface area contributed by atoms with Gasteiger partial charge in [-0.25, -0.2) is 0 Å². The Labute approximate surface area is 131 Å². The number of nitrogens with zero attached hydrogens (tertiary/aromatic N) is 1. The summed E-state index contributed by atoms with van der Waals surface area (Å²) in [6.45, 7) is 0.651. The third kappa shape index (κ3) is 4.35. The average molecular weight is 353 g/mol. The van der Waals surface area contributed by atoms with Crippen molar-refractivity contribution < 1.29 is 4.79 Å². The standard InChI is InChI=1S/C15H17BrN2OS/c1-18(9-12-8-14(16)20-10-12)15(19)6-5-11-3-2-4-13(17)7-11/h2-4,7-8,10H,5-6,9,17H2,1H3. The van der Waals surface area contributed by atoms with Crippen LogP contribution in [0.5, 0.6) is 0 Å². The first-order valence-electron chi connectivity index (χ1n) is 6.36. The lowest BCUT2D eigenvalue weighted by molar-refractivity contribution is -0.130. The molecule has 2 rings (SSSR count). The molecule has 2 aromatic rings. The van der Waals surface area contributed by atoms with Gasteiger partial charge in [0.1, 0.15) is 0 Å². The zero-order valence-corrected chi connectivity index (χ0v) is 13.7. The Morgan fingerprint density at radius 3 is 2.80 bits per heavy atom. The van der Waals surface area contributed by atoms with Crippen molar-refractivity contribution in [3.8, 4) is 0 Å². The second kappa shape index (κ2) is 6.90. The third-order valence-corrected chi connectivity index (χ3v) is 4.60. The molecule has 20 heavy (non-hydrogen) atoms. The molecule has 0 aliphatic carbocycles. The number of amides is 1. The number of nitrogens with two attached hydrogens (primary N) is 1. The second-order valence-corrected chi connectivity index (χ2v) is 7.04. The molecule has 1 aromatic heterocycles. The Bertz CT molecular complexity index is 597. The largest absolute Gasteiger partial charge is 0.399 e. The van der Waals surface area contributed by atoms with E-state index in [9.17, 15) is 4.79 Å². The first-order valence-corrected chi connectivity index (χ1v) is 8.03. The average Bonchev–Trinajstić information content (AvgIpc) is 2.81. The molecule has 1 amide bonds. The maximum absolute atomic E-state index is 12.1. The number of carbonyl (C=O) groups excluding carboxylic acids is 1. The van der Waals surface area contributed by atoms with Gasteiger partial charge in [-0.05, 0) is 57.1 Å². The molecular formula is C15H17BrN2OS. The third-order valence-electron chi connectivity index (χ3n) is 3.05. The van der Waals surface area contributed by atoms with E-state index in [2.05, 4.69) is 21.3 Å². The van der Waals surface area contributed by atoms with Crippen molar-refractivity contribution in [2.24, 2.45) is 0 Å². The number of thiophene rings is 1. The lowest BCUT2D eigenvalue weighted by atomic mass is 10.1. The highest BCUT2D eigenvalue weighted by Crippen LogP contribution is 2.21. The normalized spacial score (nSPS) is 10.5. The molecule has 0 aliphatic rings. The number of nitrogen functional groups attached to an aromatic ring is 1. The van der Waals surface area contributed by atoms with E-state index < -0.39 is 0 Å². The van der Waals surface area contributed by atoms with Crippen LogP contribution >= 0.6 is 27.3 Å². The molecule has 0 bridgehead atoms. The molecule has 0 spiro atoms. The lowest BCUT2D eigenvalue weighted by Crippen LogP contribution is -2.26. The van der Waals surface area contributed by atoms with E-state index in [1.165, 1.54) is 0 Å². The highest BCUT2D eigenvalue weighted by atomic mass is 79.9. The summed E-state index contributed by atoms with van der Waals surface area (Å²) in [5.74, 6) is 0.148. The molecule has 0 saturated carbocycles. The minimum atomic E-state index is 0.148. The van der Waals surface area contributed by atoms with Crippen LogP contribution in [0.1, 0.15) is 17.5 Å². The van der Waals surface area contributed by atoms with Crippen LogP contribution in [-0.4, -0.2) is 17.9 Å². The summed E-state index contributed by atoms with van der Waals surface area (Å²) in [5, 5.41) is 2.06. The first kappa shape index (κ1) is 15.1. The zero-order valence-electron chi connectivity index (χ0n) is 11.3. The summed E-state index contributed by atoms with van der Waals surface area (Å²) in [6.07, 6.45) is 1.23. The summed E-state index contributed by atoms with van der Waals surface area (Å²) in [5.41, 5.74) is 8.73. The number of hydrogen-bond acceptors (Lipinski definition) is 3. The van der Waals surface area contributed by atoms with E-state index in [1.807, 2.05) is 37.4 Å². The monoisotopic (exact) mass is 352 g/mol. The van der Waals surface area contributed by atoms with Gasteiger partial charge in [0.05, 0.1) is 3.79 Å². The van der Waals surface area contributed by atoms with E-state index in [0.29, 0.717) is 13.0 Å². The Morgan fingerprint density at radius 1 is 1.35 bits per heavy atom. The van der Waals surface area contributed by atoms with Gasteiger partial charge in [0.15, 0.2) is 0 Å². The highest BCUT2D eigenvalue weighted by Gasteiger charge is 2.10. The fraction of sp³-hybridized carbons (Fsp3) is 0.267. The summed E-state index contributed by atoms with van der Waals surface area (Å²) in [7, 11) is 1.84. The Balaban J connectivity index is 1.85. The number of aryl methyl sites for hydroxylation is 1. The van der Waals surface area contributed by atoms with Gasteiger partial charge < -0.3 is 10.6 Å². The lowest BCUT2D eigenvalue weighted by Gasteiger charge is -2.16. The van der Waals surface area contributed by atoms with E-state index in [4.69, 9.17) is 5.73 Å². The van der Waals surface area contributed by atoms with Gasteiger partial charge in [0.25, 0.3) is 0 Å². The van der Waals surface area contributed by atoms with Crippen molar-refractivity contribution in [2.75, 3.05) is 12.8 Å². The molecule has 0 fully saturated rings. The topological polar surface area (TPSA) is 46.3 Å². The minimum absolute atomic E-state index is 0.148. The van der Waals surface area contributed by atoms with Crippen LogP contribution < -0.4 is 5.73 Å². The van der Waals surface area contributed by atoms with Gasteiger partial charge in [-0.15, -0.1) is 11.3 Å². The van der Waals surface area contributed by atoms with Crippen molar-refractivity contribution >= 4 is 38.9 Å². The van der Waals surface area contributed by atoms with Gasteiger partial charge in [-0.3, -0.25) is 4.79 Å². The van der Waals surface area contributed by atoms with Crippen molar-refractivity contribution in [3.05, 3.63) is 50.6 Å². The molecule has 3 nitrogen and oxygen atoms in total. The Hall–Kier alpha value is -1.33. The summed E-state index contributed by atoms with van der Waals surface area (Å²) in [6, 6.07) is 9.74. The molecule has 0 aliphatic heterocycles. The fourth-order valence-electron chi connectivity index (χ4n) is 1.98. The van der Waals surface area contributed by atoms with Gasteiger partial charge in [-0.1, -0.05) is 12.1 Å². The molecular weight excluding hydrogens is 336 g/mol. The highest BCUT2D eigenvalue weighted by molar-refractivity contribution is 9.11. The summed E-state index contributed by atoms with van der Waals surface area (Å²) >= 11 is 5.07. The van der Waals surface area contributed by atoms with Crippen LogP contribution in [-0.2, 0) is 17.8 Å². The first-order chi connectivity index (χ1) is 9.54. The van der Waals surface area contributed by atoms with Crippen LogP contribution in [0.15, 0.2) is 39.5 Å². The summed E-state index contributed by atoms with van der Waals surface area (Å²) in [4.78, 5) is 13.9. The zero-order chi connectivity index (χ0) is 14.5. The van der Waals surface area contributed by atoms with Crippen molar-refractivity contribution in [3.63, 3.8) is 0 Å². The van der Waals surface area contributed by atoms with Crippen LogP contribution in [0.2, 0.25) is 0 Å². The maximum Gasteiger partial charge on any atom is 0.222 e. The number of anilines is 1. The predicted molar refractivity (Wildman–Crippen MR) is 87.7 cm³/mol. The van der Waals surface area contributed by atoms with E-state index in [0.717, 1.165) is 27.0 Å². The fourth-order valence-corrected chi connectivity index (χ4v) is 3.18. The van der Waals surface area contributed by atoms with E-state index >= 15 is 0 Å². The van der Waals surface area contributed by atoms with Gasteiger partial charge in [-0.2, -0.15) is 0 Å². The SMILES string of the molecule is CN(Cc1csc(Br)c1)C(=O)CCc1cccc(N)c1. The van der Waals surface area contributed by atoms with Crippen molar-refractivity contribution in [1.82, 2.24) is 4.90 Å². The minimum Gasteiger partial charge on any atom is -0.399 e. The van der Waals surface area contributed by atoms with E-state index in [-0.39, 0.29) is 5.91 Å². The molecule has 1 heterocycles. The van der Waals surface area contributed by atoms with Crippen LogP contribution in [0.3, 0.4) is 0 Å². The van der Waals surface area contributed by atoms with Crippen molar-refractivity contribution in [2.45, 2.75) is 19.4 Å². The van der Waals surface area contributed by atoms with Crippen LogP contribution in [0.25, 0.3) is 0 Å². The predicted octanol–water partition coefficient (Wildman–Crippen LogP) is 3.68. The van der Waals surface area contributed by atoms with E-state index in [1.54, 1.807) is 16.2 Å². The number of carbonyl (C=O) groups is 1. The Kier molecular flexibility index (Phi) is 5.20. The molecule has 1 aromatic carbocycles. The molecule has 106 valence electrons. The van der Waals surface area contributed by atoms with Crippen LogP contribution in [0, 0.1) is 0 Å². The number of hydrogen-bond donors (Lipinski definition) is 1. The van der Waals surface area contributed by atoms with Crippen molar-refractivity contribution in [1.29, 1.82) is 0 Å². The number of rotatable bonds is 5. The van der Waals surface area contributed by atoms with Gasteiger partial charge in [0.2, 0.25) is 5.91 Å². The molecule has 0 atom stereocenters. The second-order valence-electron chi connectivity index (χ2n) is 4.75. The molecule has 0 saturated heterocycles.